The van der Waals surface area contributed by atoms with Crippen molar-refractivity contribution in [2.75, 3.05) is 0 Å². The summed E-state index contributed by atoms with van der Waals surface area (Å²) in [6.07, 6.45) is 0. The van der Waals surface area contributed by atoms with Gasteiger partial charge in [-0.05, 0) is 25.5 Å². The van der Waals surface area contributed by atoms with Crippen molar-refractivity contribution in [1.82, 2.24) is 9.97 Å². The monoisotopic (exact) mass is 213 g/mol. The molecule has 0 fully saturated rings. The summed E-state index contributed by atoms with van der Waals surface area (Å²) >= 11 is 0. The van der Waals surface area contributed by atoms with E-state index in [-0.39, 0.29) is 0 Å². The summed E-state index contributed by atoms with van der Waals surface area (Å²) in [6, 6.07) is 10.1. The van der Waals surface area contributed by atoms with Gasteiger partial charge in [-0.25, -0.2) is 9.97 Å². The van der Waals surface area contributed by atoms with Crippen molar-refractivity contribution < 1.29 is 0 Å². The Morgan fingerprint density at radius 3 is 2.56 bits per heavy atom. The molecule has 82 valence electrons. The molecule has 16 heavy (non-hydrogen) atoms. The molecule has 0 aliphatic rings. The molecule has 2 rings (SSSR count). The Hall–Kier alpha value is -1.74. The Morgan fingerprint density at radius 2 is 1.88 bits per heavy atom. The van der Waals surface area contributed by atoms with E-state index in [0.717, 1.165) is 22.8 Å². The molecule has 1 aromatic carbocycles. The standard InChI is InChI=1S/C13H15N3/c1-9-5-3-4-6-12(9)13-7-11(8-14)15-10(2)16-13/h3-7H,8,14H2,1-2H3. The third-order valence-electron chi connectivity index (χ3n) is 2.52. The summed E-state index contributed by atoms with van der Waals surface area (Å²) in [5.41, 5.74) is 9.80. The van der Waals surface area contributed by atoms with Crippen molar-refractivity contribution in [3.63, 3.8) is 0 Å². The Kier molecular flexibility index (Phi) is 2.97. The van der Waals surface area contributed by atoms with E-state index in [2.05, 4.69) is 29.0 Å². The summed E-state index contributed by atoms with van der Waals surface area (Å²) in [6.45, 7) is 4.41. The number of nitrogens with two attached hydrogens (primary N) is 1. The number of benzene rings is 1. The highest BCUT2D eigenvalue weighted by atomic mass is 14.9. The van der Waals surface area contributed by atoms with Crippen LogP contribution in [0, 0.1) is 13.8 Å². The zero-order chi connectivity index (χ0) is 11.5. The van der Waals surface area contributed by atoms with E-state index in [1.54, 1.807) is 0 Å². The molecule has 1 aromatic heterocycles. The van der Waals surface area contributed by atoms with E-state index >= 15 is 0 Å². The van der Waals surface area contributed by atoms with E-state index in [1.165, 1.54) is 5.56 Å². The topological polar surface area (TPSA) is 51.8 Å². The van der Waals surface area contributed by atoms with Crippen molar-refractivity contribution in [2.45, 2.75) is 20.4 Å². The first kappa shape index (κ1) is 10.8. The minimum Gasteiger partial charge on any atom is -0.325 e. The van der Waals surface area contributed by atoms with Crippen LogP contribution in [0.15, 0.2) is 30.3 Å². The van der Waals surface area contributed by atoms with Crippen LogP contribution in [0.4, 0.5) is 0 Å². The summed E-state index contributed by atoms with van der Waals surface area (Å²) in [5, 5.41) is 0. The predicted octanol–water partition coefficient (Wildman–Crippen LogP) is 2.22. The number of hydrogen-bond acceptors (Lipinski definition) is 3. The Labute approximate surface area is 95.4 Å². The van der Waals surface area contributed by atoms with Gasteiger partial charge in [-0.15, -0.1) is 0 Å². The highest BCUT2D eigenvalue weighted by Gasteiger charge is 2.05. The van der Waals surface area contributed by atoms with Crippen LogP contribution in [0.3, 0.4) is 0 Å². The van der Waals surface area contributed by atoms with Gasteiger partial charge in [0.1, 0.15) is 5.82 Å². The number of aromatic nitrogens is 2. The summed E-state index contributed by atoms with van der Waals surface area (Å²) in [4.78, 5) is 8.72. The number of nitrogens with zero attached hydrogens (tertiary/aromatic N) is 2. The first-order valence-corrected chi connectivity index (χ1v) is 5.31. The molecular weight excluding hydrogens is 198 g/mol. The summed E-state index contributed by atoms with van der Waals surface area (Å²) in [5.74, 6) is 0.765. The molecule has 0 atom stereocenters. The molecule has 3 heteroatoms. The van der Waals surface area contributed by atoms with Gasteiger partial charge in [0.15, 0.2) is 0 Å². The lowest BCUT2D eigenvalue weighted by molar-refractivity contribution is 0.929. The Balaban J connectivity index is 2.56. The predicted molar refractivity (Wildman–Crippen MR) is 64.8 cm³/mol. The highest BCUT2D eigenvalue weighted by molar-refractivity contribution is 5.63. The number of hydrogen-bond donors (Lipinski definition) is 1. The van der Waals surface area contributed by atoms with Gasteiger partial charge in [-0.3, -0.25) is 0 Å². The largest absolute Gasteiger partial charge is 0.325 e. The molecule has 0 saturated carbocycles. The first-order chi connectivity index (χ1) is 7.70. The quantitative estimate of drug-likeness (QED) is 0.832. The van der Waals surface area contributed by atoms with Crippen LogP contribution in [-0.4, -0.2) is 9.97 Å². The molecule has 0 amide bonds. The van der Waals surface area contributed by atoms with Crippen molar-refractivity contribution in [3.05, 3.63) is 47.4 Å². The van der Waals surface area contributed by atoms with Crippen LogP contribution in [0.5, 0.6) is 0 Å². The SMILES string of the molecule is Cc1nc(CN)cc(-c2ccccc2C)n1. The second kappa shape index (κ2) is 4.41. The second-order valence-electron chi connectivity index (χ2n) is 3.81. The van der Waals surface area contributed by atoms with Crippen LogP contribution in [-0.2, 0) is 6.54 Å². The third-order valence-corrected chi connectivity index (χ3v) is 2.52. The van der Waals surface area contributed by atoms with Gasteiger partial charge in [0.25, 0.3) is 0 Å². The van der Waals surface area contributed by atoms with E-state index in [0.29, 0.717) is 6.54 Å². The number of aryl methyl sites for hydroxylation is 2. The van der Waals surface area contributed by atoms with E-state index in [4.69, 9.17) is 5.73 Å². The second-order valence-corrected chi connectivity index (χ2v) is 3.81. The van der Waals surface area contributed by atoms with Crippen LogP contribution < -0.4 is 5.73 Å². The van der Waals surface area contributed by atoms with Crippen LogP contribution in [0.25, 0.3) is 11.3 Å². The van der Waals surface area contributed by atoms with Gasteiger partial charge in [0.2, 0.25) is 0 Å². The molecule has 0 aliphatic heterocycles. The lowest BCUT2D eigenvalue weighted by Crippen LogP contribution is -2.03. The molecule has 0 saturated heterocycles. The minimum absolute atomic E-state index is 0.447. The molecule has 2 N–H and O–H groups in total. The lowest BCUT2D eigenvalue weighted by atomic mass is 10.1. The van der Waals surface area contributed by atoms with Gasteiger partial charge in [0.05, 0.1) is 11.4 Å². The summed E-state index contributed by atoms with van der Waals surface area (Å²) < 4.78 is 0. The van der Waals surface area contributed by atoms with Gasteiger partial charge >= 0.3 is 0 Å². The maximum Gasteiger partial charge on any atom is 0.126 e. The molecule has 1 heterocycles. The van der Waals surface area contributed by atoms with Crippen molar-refractivity contribution >= 4 is 0 Å². The molecule has 0 radical (unpaired) electrons. The third kappa shape index (κ3) is 2.09. The van der Waals surface area contributed by atoms with Gasteiger partial charge in [-0.1, -0.05) is 24.3 Å². The van der Waals surface area contributed by atoms with Gasteiger partial charge in [-0.2, -0.15) is 0 Å². The molecule has 0 bridgehead atoms. The highest BCUT2D eigenvalue weighted by Crippen LogP contribution is 2.21. The molecular formula is C13H15N3. The average molecular weight is 213 g/mol. The average Bonchev–Trinajstić information content (AvgIpc) is 2.28. The molecule has 0 unspecified atom stereocenters. The molecule has 0 aliphatic carbocycles. The van der Waals surface area contributed by atoms with E-state index in [9.17, 15) is 0 Å². The maximum absolute atomic E-state index is 5.61. The fourth-order valence-electron chi connectivity index (χ4n) is 1.73. The normalized spacial score (nSPS) is 10.4. The Morgan fingerprint density at radius 1 is 1.12 bits per heavy atom. The fraction of sp³-hybridized carbons (Fsp3) is 0.231. The van der Waals surface area contributed by atoms with Gasteiger partial charge in [0, 0.05) is 12.1 Å². The van der Waals surface area contributed by atoms with Crippen LogP contribution >= 0.6 is 0 Å². The Bertz CT molecular complexity index is 506. The van der Waals surface area contributed by atoms with Gasteiger partial charge < -0.3 is 5.73 Å². The lowest BCUT2D eigenvalue weighted by Gasteiger charge is -2.07. The van der Waals surface area contributed by atoms with Crippen molar-refractivity contribution in [3.8, 4) is 11.3 Å². The molecule has 0 spiro atoms. The van der Waals surface area contributed by atoms with Crippen molar-refractivity contribution in [1.29, 1.82) is 0 Å². The maximum atomic E-state index is 5.61. The van der Waals surface area contributed by atoms with Crippen LogP contribution in [0.1, 0.15) is 17.1 Å². The fourth-order valence-corrected chi connectivity index (χ4v) is 1.73. The van der Waals surface area contributed by atoms with Crippen molar-refractivity contribution in [2.24, 2.45) is 5.73 Å². The van der Waals surface area contributed by atoms with Crippen LogP contribution in [0.2, 0.25) is 0 Å². The zero-order valence-corrected chi connectivity index (χ0v) is 9.57. The minimum atomic E-state index is 0.447. The first-order valence-electron chi connectivity index (χ1n) is 5.31. The smallest absolute Gasteiger partial charge is 0.126 e. The van der Waals surface area contributed by atoms with E-state index in [1.807, 2.05) is 25.1 Å². The number of rotatable bonds is 2. The van der Waals surface area contributed by atoms with E-state index < -0.39 is 0 Å². The molecule has 2 aromatic rings. The summed E-state index contributed by atoms with van der Waals surface area (Å²) in [7, 11) is 0. The molecule has 3 nitrogen and oxygen atoms in total. The zero-order valence-electron chi connectivity index (χ0n) is 9.57.